The highest BCUT2D eigenvalue weighted by Crippen LogP contribution is 2.27. The van der Waals surface area contributed by atoms with Gasteiger partial charge in [0.15, 0.2) is 33.3 Å². The van der Waals surface area contributed by atoms with Gasteiger partial charge in [-0.15, -0.1) is 0 Å². The van der Waals surface area contributed by atoms with E-state index < -0.39 is 57.7 Å². The maximum absolute atomic E-state index is 6.75. The average molecular weight is 525 g/mol. The molecule has 0 spiro atoms. The maximum atomic E-state index is 6.75. The molecule has 0 aromatic heterocycles. The summed E-state index contributed by atoms with van der Waals surface area (Å²) in [5.74, 6) is 0. The third-order valence-corrected chi connectivity index (χ3v) is 7.47. The number of nitrogens with zero attached hydrogens (tertiary/aromatic N) is 2. The molecule has 190 valence electrons. The predicted molar refractivity (Wildman–Crippen MR) is 144 cm³/mol. The highest BCUT2D eigenvalue weighted by Gasteiger charge is 2.44. The zero-order valence-electron chi connectivity index (χ0n) is 22.8. The monoisotopic (exact) mass is 524 g/mol. The minimum atomic E-state index is -2.02. The number of oxime groups is 2. The van der Waals surface area contributed by atoms with Gasteiger partial charge in [0.2, 0.25) is 0 Å². The first kappa shape index (κ1) is 31.6. The second-order valence-corrected chi connectivity index (χ2v) is 29.5. The lowest BCUT2D eigenvalue weighted by Crippen LogP contribution is -2.59. The van der Waals surface area contributed by atoms with Crippen molar-refractivity contribution in [3.63, 3.8) is 0 Å². The number of hydrogen-bond acceptors (Lipinski definition) is 8. The van der Waals surface area contributed by atoms with Crippen molar-refractivity contribution in [3.8, 4) is 0 Å². The van der Waals surface area contributed by atoms with Crippen LogP contribution in [0.15, 0.2) is 10.3 Å². The lowest BCUT2D eigenvalue weighted by Gasteiger charge is -2.43. The van der Waals surface area contributed by atoms with Crippen molar-refractivity contribution in [2.75, 3.05) is 14.2 Å². The maximum Gasteiger partial charge on any atom is 0.184 e. The first-order valence-electron chi connectivity index (χ1n) is 11.1. The van der Waals surface area contributed by atoms with E-state index in [2.05, 4.69) is 88.9 Å². The molecule has 0 aromatic rings. The Morgan fingerprint density at radius 3 is 0.906 bits per heavy atom. The largest absolute Gasteiger partial charge is 0.409 e. The van der Waals surface area contributed by atoms with Gasteiger partial charge >= 0.3 is 0 Å². The topological polar surface area (TPSA) is 80.1 Å². The van der Waals surface area contributed by atoms with E-state index in [9.17, 15) is 0 Å². The summed E-state index contributed by atoms with van der Waals surface area (Å²) in [6.07, 6.45) is 1.54. The van der Waals surface area contributed by atoms with Crippen LogP contribution >= 0.6 is 0 Å². The second-order valence-electron chi connectivity index (χ2n) is 11.7. The molecule has 0 fully saturated rings. The van der Waals surface area contributed by atoms with Crippen LogP contribution in [0.3, 0.4) is 0 Å². The Morgan fingerprint density at radius 1 is 0.469 bits per heavy atom. The van der Waals surface area contributed by atoms with Crippen LogP contribution in [0.25, 0.3) is 0 Å². The molecule has 0 rings (SSSR count). The lowest BCUT2D eigenvalue weighted by atomic mass is 10.0. The molecular weight excluding hydrogens is 477 g/mol. The van der Waals surface area contributed by atoms with Crippen molar-refractivity contribution >= 4 is 45.7 Å². The van der Waals surface area contributed by atoms with Gasteiger partial charge < -0.3 is 27.4 Å². The van der Waals surface area contributed by atoms with Crippen LogP contribution in [0.1, 0.15) is 0 Å². The first-order valence-corrected chi connectivity index (χ1v) is 24.8. The Hall–Kier alpha value is -0.352. The SMILES string of the molecule is CO/N=C/[C@H](O[Si](C)(C)C)[C@@H](O[Si](C)(C)C)[C@H](O[Si](C)(C)C)[C@@H](/C=N/OC)O[Si](C)(C)C. The Labute approximate surface area is 200 Å². The van der Waals surface area contributed by atoms with Gasteiger partial charge in [-0.2, -0.15) is 0 Å². The van der Waals surface area contributed by atoms with Gasteiger partial charge in [0.05, 0.1) is 12.4 Å². The molecule has 0 saturated heterocycles. The van der Waals surface area contributed by atoms with E-state index in [1.165, 1.54) is 14.2 Å². The molecule has 0 aromatic carbocycles. The third-order valence-electron chi connectivity index (χ3n) is 3.56. The van der Waals surface area contributed by atoms with Crippen molar-refractivity contribution in [1.29, 1.82) is 0 Å². The van der Waals surface area contributed by atoms with Crippen LogP contribution in [-0.4, -0.2) is 84.3 Å². The van der Waals surface area contributed by atoms with Crippen molar-refractivity contribution in [2.24, 2.45) is 10.3 Å². The molecule has 8 nitrogen and oxygen atoms in total. The Morgan fingerprint density at radius 2 is 0.719 bits per heavy atom. The van der Waals surface area contributed by atoms with Crippen LogP contribution in [-0.2, 0) is 27.4 Å². The Bertz CT molecular complexity index is 543. The molecule has 0 amide bonds. The summed E-state index contributed by atoms with van der Waals surface area (Å²) < 4.78 is 26.6. The van der Waals surface area contributed by atoms with Crippen molar-refractivity contribution in [1.82, 2.24) is 0 Å². The van der Waals surface area contributed by atoms with Crippen LogP contribution in [0, 0.1) is 0 Å². The first-order chi connectivity index (χ1) is 14.3. The molecule has 0 bridgehead atoms. The summed E-state index contributed by atoms with van der Waals surface area (Å²) in [6, 6.07) is 0. The quantitative estimate of drug-likeness (QED) is 0.168. The fourth-order valence-corrected chi connectivity index (χ4v) is 7.07. The Kier molecular flexibility index (Phi) is 12.8. The standard InChI is InChI=1S/C20H48N2O6Si4/c1-23-21-15-17(25-29(3,4)5)19(27-31(9,10)11)20(28-32(12,13)14)18(16-22-24-2)26-30(6,7)8/h15-20H,1-14H3/b21-15+,22-16+/t17-,18+,19-,20-/m1/s1. The van der Waals surface area contributed by atoms with E-state index in [-0.39, 0.29) is 0 Å². The number of hydrogen-bond donors (Lipinski definition) is 0. The summed E-state index contributed by atoms with van der Waals surface area (Å²) in [5, 5.41) is 8.11. The van der Waals surface area contributed by atoms with Gasteiger partial charge in [-0.25, -0.2) is 0 Å². The van der Waals surface area contributed by atoms with E-state index in [0.29, 0.717) is 0 Å². The van der Waals surface area contributed by atoms with Crippen molar-refractivity contribution in [2.45, 2.75) is 103 Å². The minimum absolute atomic E-state index is 0.455. The molecule has 4 atom stereocenters. The Balaban J connectivity index is 6.69. The van der Waals surface area contributed by atoms with Crippen molar-refractivity contribution in [3.05, 3.63) is 0 Å². The summed E-state index contributed by atoms with van der Waals surface area (Å²) in [6.45, 7) is 25.8. The van der Waals surface area contributed by atoms with Crippen molar-refractivity contribution < 1.29 is 27.4 Å². The fraction of sp³-hybridized carbons (Fsp3) is 0.900. The summed E-state index contributed by atoms with van der Waals surface area (Å²) in [5.41, 5.74) is 0. The molecule has 0 aliphatic carbocycles. The van der Waals surface area contributed by atoms with Crippen LogP contribution in [0.2, 0.25) is 78.6 Å². The smallest absolute Gasteiger partial charge is 0.184 e. The van der Waals surface area contributed by atoms with Gasteiger partial charge in [0, 0.05) is 0 Å². The fourth-order valence-electron chi connectivity index (χ4n) is 2.88. The van der Waals surface area contributed by atoms with Gasteiger partial charge in [-0.3, -0.25) is 0 Å². The minimum Gasteiger partial charge on any atom is -0.409 e. The lowest BCUT2D eigenvalue weighted by molar-refractivity contribution is -0.0423. The number of rotatable bonds is 15. The summed E-state index contributed by atoms with van der Waals surface area (Å²) >= 11 is 0. The van der Waals surface area contributed by atoms with E-state index in [0.717, 1.165) is 0 Å². The zero-order chi connectivity index (χ0) is 25.4. The van der Waals surface area contributed by atoms with Crippen LogP contribution < -0.4 is 0 Å². The molecule has 0 aliphatic rings. The molecule has 0 aliphatic heterocycles. The molecule has 0 N–H and O–H groups in total. The molecule has 0 heterocycles. The summed E-state index contributed by atoms with van der Waals surface area (Å²) in [7, 11) is -4.93. The molecule has 0 radical (unpaired) electrons. The summed E-state index contributed by atoms with van der Waals surface area (Å²) in [4.78, 5) is 10.0. The van der Waals surface area contributed by atoms with Crippen LogP contribution in [0.4, 0.5) is 0 Å². The van der Waals surface area contributed by atoms with E-state index in [1.807, 2.05) is 0 Å². The van der Waals surface area contributed by atoms with Crippen LogP contribution in [0.5, 0.6) is 0 Å². The van der Waals surface area contributed by atoms with Gasteiger partial charge in [-0.1, -0.05) is 10.3 Å². The average Bonchev–Trinajstić information content (AvgIpc) is 2.54. The van der Waals surface area contributed by atoms with Gasteiger partial charge in [0.25, 0.3) is 0 Å². The van der Waals surface area contributed by atoms with E-state index >= 15 is 0 Å². The third kappa shape index (κ3) is 15.5. The highest BCUT2D eigenvalue weighted by atomic mass is 28.4. The molecule has 0 unspecified atom stereocenters. The molecular formula is C20H48N2O6Si4. The molecule has 0 saturated carbocycles. The second kappa shape index (κ2) is 12.9. The molecule has 12 heteroatoms. The zero-order valence-corrected chi connectivity index (χ0v) is 26.8. The molecule has 32 heavy (non-hydrogen) atoms. The highest BCUT2D eigenvalue weighted by molar-refractivity contribution is 6.71. The van der Waals surface area contributed by atoms with Gasteiger partial charge in [0.1, 0.15) is 38.6 Å². The predicted octanol–water partition coefficient (Wildman–Crippen LogP) is 5.13. The van der Waals surface area contributed by atoms with E-state index in [4.69, 9.17) is 27.4 Å². The van der Waals surface area contributed by atoms with Gasteiger partial charge in [-0.05, 0) is 78.6 Å². The normalized spacial score (nSPS) is 18.1. The van der Waals surface area contributed by atoms with E-state index in [1.54, 1.807) is 12.4 Å².